The second kappa shape index (κ2) is 6.98. The van der Waals surface area contributed by atoms with E-state index in [2.05, 4.69) is 15.3 Å². The second-order valence-corrected chi connectivity index (χ2v) is 8.50. The molecule has 0 fully saturated rings. The standard InChI is InChI=1S/C16H10N4O3S3/c21-14(8-24-16-18-10-3-1-2-4-12(10)26-16)19-15-17-11-7-9(20(22)23)5-6-13(11)25-15/h1-7H,8H2,(H,17,19,21). The van der Waals surface area contributed by atoms with Gasteiger partial charge in [-0.15, -0.1) is 11.3 Å². The number of thioether (sulfide) groups is 1. The highest BCUT2D eigenvalue weighted by Crippen LogP contribution is 2.31. The Balaban J connectivity index is 1.42. The number of para-hydroxylation sites is 1. The lowest BCUT2D eigenvalue weighted by molar-refractivity contribution is -0.384. The molecule has 10 heteroatoms. The SMILES string of the molecule is O=C(CSc1nc2ccccc2s1)Nc1nc2cc([N+](=O)[O-])ccc2s1. The van der Waals surface area contributed by atoms with Crippen LogP contribution in [0.4, 0.5) is 10.8 Å². The van der Waals surface area contributed by atoms with Crippen molar-refractivity contribution in [1.82, 2.24) is 9.97 Å². The monoisotopic (exact) mass is 402 g/mol. The predicted octanol–water partition coefficient (Wildman–Crippen LogP) is 4.55. The zero-order chi connectivity index (χ0) is 18.1. The molecule has 0 saturated heterocycles. The highest BCUT2D eigenvalue weighted by molar-refractivity contribution is 8.01. The van der Waals surface area contributed by atoms with Crippen LogP contribution >= 0.6 is 34.4 Å². The summed E-state index contributed by atoms with van der Waals surface area (Å²) in [5, 5.41) is 14.0. The number of nitro groups is 1. The van der Waals surface area contributed by atoms with Crippen LogP contribution in [0.2, 0.25) is 0 Å². The number of non-ortho nitro benzene ring substituents is 1. The molecule has 0 aliphatic carbocycles. The van der Waals surface area contributed by atoms with Gasteiger partial charge >= 0.3 is 0 Å². The van der Waals surface area contributed by atoms with Crippen LogP contribution in [0.3, 0.4) is 0 Å². The average molecular weight is 402 g/mol. The molecule has 0 aliphatic heterocycles. The third-order valence-electron chi connectivity index (χ3n) is 3.43. The van der Waals surface area contributed by atoms with Gasteiger partial charge in [-0.05, 0) is 18.2 Å². The van der Waals surface area contributed by atoms with Crippen molar-refractivity contribution >= 4 is 71.6 Å². The highest BCUT2D eigenvalue weighted by Gasteiger charge is 2.13. The van der Waals surface area contributed by atoms with E-state index in [1.165, 1.54) is 35.2 Å². The van der Waals surface area contributed by atoms with Crippen molar-refractivity contribution in [2.75, 3.05) is 11.1 Å². The first-order valence-corrected chi connectivity index (χ1v) is 10.0. The number of amides is 1. The van der Waals surface area contributed by atoms with Gasteiger partial charge < -0.3 is 5.32 Å². The molecular weight excluding hydrogens is 392 g/mol. The van der Waals surface area contributed by atoms with E-state index in [1.54, 1.807) is 17.4 Å². The Kier molecular flexibility index (Phi) is 4.53. The Morgan fingerprint density at radius 2 is 1.92 bits per heavy atom. The van der Waals surface area contributed by atoms with Crippen LogP contribution in [0, 0.1) is 10.1 Å². The first-order valence-electron chi connectivity index (χ1n) is 7.42. The molecule has 0 bridgehead atoms. The van der Waals surface area contributed by atoms with Crippen LogP contribution < -0.4 is 5.32 Å². The van der Waals surface area contributed by atoms with Crippen molar-refractivity contribution in [2.24, 2.45) is 0 Å². The van der Waals surface area contributed by atoms with E-state index in [4.69, 9.17) is 0 Å². The number of hydrogen-bond acceptors (Lipinski definition) is 8. The van der Waals surface area contributed by atoms with Gasteiger partial charge in [0.25, 0.3) is 5.69 Å². The lowest BCUT2D eigenvalue weighted by Crippen LogP contribution is -2.13. The number of thiazole rings is 2. The fourth-order valence-electron chi connectivity index (χ4n) is 2.28. The maximum Gasteiger partial charge on any atom is 0.271 e. The number of carbonyl (C=O) groups is 1. The third-order valence-corrected chi connectivity index (χ3v) is 6.56. The molecule has 2 heterocycles. The molecule has 0 unspecified atom stereocenters. The molecule has 130 valence electrons. The molecule has 7 nitrogen and oxygen atoms in total. The fourth-order valence-corrected chi connectivity index (χ4v) is 5.01. The summed E-state index contributed by atoms with van der Waals surface area (Å²) in [6.07, 6.45) is 0. The Morgan fingerprint density at radius 1 is 1.12 bits per heavy atom. The number of rotatable bonds is 5. The van der Waals surface area contributed by atoms with Crippen molar-refractivity contribution in [3.8, 4) is 0 Å². The molecule has 2 aromatic carbocycles. The predicted molar refractivity (Wildman–Crippen MR) is 105 cm³/mol. The minimum absolute atomic E-state index is 0.0212. The van der Waals surface area contributed by atoms with Gasteiger partial charge in [0, 0.05) is 12.1 Å². The fraction of sp³-hybridized carbons (Fsp3) is 0.0625. The van der Waals surface area contributed by atoms with Crippen molar-refractivity contribution < 1.29 is 9.72 Å². The molecule has 0 aliphatic rings. The Hall–Kier alpha value is -2.56. The second-order valence-electron chi connectivity index (χ2n) is 5.21. The molecule has 0 atom stereocenters. The third kappa shape index (κ3) is 3.52. The normalized spacial score (nSPS) is 11.1. The Bertz CT molecular complexity index is 1110. The molecular formula is C16H10N4O3S3. The zero-order valence-electron chi connectivity index (χ0n) is 13.0. The van der Waals surface area contributed by atoms with E-state index in [0.717, 1.165) is 19.3 Å². The number of anilines is 1. The molecule has 0 radical (unpaired) electrons. The molecule has 0 saturated carbocycles. The zero-order valence-corrected chi connectivity index (χ0v) is 15.5. The molecule has 0 spiro atoms. The first kappa shape index (κ1) is 16.9. The lowest BCUT2D eigenvalue weighted by Gasteiger charge is -1.99. The van der Waals surface area contributed by atoms with Crippen LogP contribution in [0.1, 0.15) is 0 Å². The molecule has 4 rings (SSSR count). The van der Waals surface area contributed by atoms with Crippen LogP contribution in [-0.4, -0.2) is 26.6 Å². The number of hydrogen-bond donors (Lipinski definition) is 1. The van der Waals surface area contributed by atoms with E-state index in [0.29, 0.717) is 10.6 Å². The topological polar surface area (TPSA) is 98.0 Å². The summed E-state index contributed by atoms with van der Waals surface area (Å²) in [7, 11) is 0. The number of nitrogens with zero attached hydrogens (tertiary/aromatic N) is 3. The summed E-state index contributed by atoms with van der Waals surface area (Å²) >= 11 is 4.20. The van der Waals surface area contributed by atoms with Gasteiger partial charge in [0.15, 0.2) is 9.47 Å². The van der Waals surface area contributed by atoms with E-state index in [-0.39, 0.29) is 17.3 Å². The number of benzene rings is 2. The first-order chi connectivity index (χ1) is 12.6. The average Bonchev–Trinajstić information content (AvgIpc) is 3.21. The van der Waals surface area contributed by atoms with Crippen LogP contribution in [-0.2, 0) is 4.79 Å². The van der Waals surface area contributed by atoms with Crippen LogP contribution in [0.5, 0.6) is 0 Å². The van der Waals surface area contributed by atoms with Crippen LogP contribution in [0.25, 0.3) is 20.4 Å². The molecule has 2 aromatic heterocycles. The number of fused-ring (bicyclic) bond motifs is 2. The van der Waals surface area contributed by atoms with Gasteiger partial charge in [0.05, 0.1) is 31.1 Å². The lowest BCUT2D eigenvalue weighted by atomic mass is 10.3. The summed E-state index contributed by atoms with van der Waals surface area (Å²) in [5.74, 6) is 0.0263. The van der Waals surface area contributed by atoms with E-state index in [9.17, 15) is 14.9 Å². The van der Waals surface area contributed by atoms with Crippen molar-refractivity contribution in [3.63, 3.8) is 0 Å². The van der Waals surface area contributed by atoms with Gasteiger partial charge in [0.1, 0.15) is 0 Å². The van der Waals surface area contributed by atoms with Gasteiger partial charge in [0.2, 0.25) is 5.91 Å². The van der Waals surface area contributed by atoms with E-state index in [1.807, 2.05) is 24.3 Å². The van der Waals surface area contributed by atoms with Crippen molar-refractivity contribution in [3.05, 3.63) is 52.6 Å². The summed E-state index contributed by atoms with van der Waals surface area (Å²) in [4.78, 5) is 31.2. The Morgan fingerprint density at radius 3 is 2.73 bits per heavy atom. The largest absolute Gasteiger partial charge is 0.301 e. The van der Waals surface area contributed by atoms with Gasteiger partial charge in [-0.25, -0.2) is 9.97 Å². The molecule has 26 heavy (non-hydrogen) atoms. The number of nitro benzene ring substituents is 1. The van der Waals surface area contributed by atoms with Crippen LogP contribution in [0.15, 0.2) is 46.8 Å². The summed E-state index contributed by atoms with van der Waals surface area (Å²) in [5.41, 5.74) is 1.40. The summed E-state index contributed by atoms with van der Waals surface area (Å²) in [6.45, 7) is 0. The van der Waals surface area contributed by atoms with Gasteiger partial charge in [-0.3, -0.25) is 14.9 Å². The summed E-state index contributed by atoms with van der Waals surface area (Å²) in [6, 6.07) is 12.3. The minimum atomic E-state index is -0.467. The van der Waals surface area contributed by atoms with E-state index < -0.39 is 4.92 Å². The quantitative estimate of drug-likeness (QED) is 0.299. The summed E-state index contributed by atoms with van der Waals surface area (Å²) < 4.78 is 2.70. The number of aromatic nitrogens is 2. The number of carbonyl (C=O) groups excluding carboxylic acids is 1. The van der Waals surface area contributed by atoms with Crippen molar-refractivity contribution in [1.29, 1.82) is 0 Å². The maximum atomic E-state index is 12.2. The smallest absolute Gasteiger partial charge is 0.271 e. The highest BCUT2D eigenvalue weighted by atomic mass is 32.2. The minimum Gasteiger partial charge on any atom is -0.301 e. The maximum absolute atomic E-state index is 12.2. The van der Waals surface area contributed by atoms with E-state index >= 15 is 0 Å². The molecule has 1 N–H and O–H groups in total. The van der Waals surface area contributed by atoms with Gasteiger partial charge in [-0.1, -0.05) is 35.2 Å². The van der Waals surface area contributed by atoms with Crippen molar-refractivity contribution in [2.45, 2.75) is 4.34 Å². The Labute approximate surface area is 159 Å². The molecule has 1 amide bonds. The molecule has 4 aromatic rings. The number of nitrogens with one attached hydrogen (secondary N) is 1. The van der Waals surface area contributed by atoms with Gasteiger partial charge in [-0.2, -0.15) is 0 Å².